The zero-order valence-electron chi connectivity index (χ0n) is 16.2. The van der Waals surface area contributed by atoms with Crippen LogP contribution in [-0.2, 0) is 16.3 Å². The van der Waals surface area contributed by atoms with E-state index >= 15 is 0 Å². The molecule has 0 spiro atoms. The van der Waals surface area contributed by atoms with Crippen LogP contribution < -0.4 is 9.80 Å². The molecule has 3 aromatic rings. The molecule has 3 heterocycles. The molecule has 2 aliphatic heterocycles. The van der Waals surface area contributed by atoms with Crippen LogP contribution in [0.1, 0.15) is 11.1 Å². The van der Waals surface area contributed by atoms with Crippen LogP contribution in [-0.4, -0.2) is 50.4 Å². The van der Waals surface area contributed by atoms with Gasteiger partial charge in [-0.1, -0.05) is 12.1 Å². The van der Waals surface area contributed by atoms with E-state index in [0.717, 1.165) is 22.3 Å². The number of anilines is 2. The zero-order chi connectivity index (χ0) is 20.9. The molecular weight excluding hydrogens is 400 g/mol. The molecule has 152 valence electrons. The maximum Gasteiger partial charge on any atom is 0.179 e. The topological polar surface area (TPSA) is 97.5 Å². The van der Waals surface area contributed by atoms with E-state index in [1.807, 2.05) is 12.1 Å². The van der Waals surface area contributed by atoms with E-state index < -0.39 is 9.84 Å². The molecule has 1 aromatic heterocycles. The molecule has 0 bridgehead atoms. The molecule has 0 saturated carbocycles. The maximum absolute atomic E-state index is 12.4. The number of nitriles is 1. The number of aromatic nitrogens is 1. The van der Waals surface area contributed by atoms with Gasteiger partial charge in [-0.05, 0) is 36.2 Å². The van der Waals surface area contributed by atoms with Crippen molar-refractivity contribution in [3.05, 3.63) is 53.7 Å². The number of fused-ring (bicyclic) bond motifs is 3. The zero-order valence-corrected chi connectivity index (χ0v) is 17.1. The molecule has 7 nitrogen and oxygen atoms in total. The molecule has 2 aromatic carbocycles. The normalized spacial score (nSPS) is 17.7. The summed E-state index contributed by atoms with van der Waals surface area (Å²) in [5.74, 6) is 0.347. The first kappa shape index (κ1) is 18.7. The molecule has 2 aliphatic rings. The van der Waals surface area contributed by atoms with Gasteiger partial charge in [-0.3, -0.25) is 4.98 Å². The van der Waals surface area contributed by atoms with Gasteiger partial charge in [-0.25, -0.2) is 8.42 Å². The molecule has 0 unspecified atom stereocenters. The van der Waals surface area contributed by atoms with Crippen molar-refractivity contribution in [1.82, 2.24) is 4.98 Å². The van der Waals surface area contributed by atoms with Gasteiger partial charge in [0.2, 0.25) is 0 Å². The summed E-state index contributed by atoms with van der Waals surface area (Å²) < 4.78 is 24.9. The highest BCUT2D eigenvalue weighted by Crippen LogP contribution is 2.39. The lowest BCUT2D eigenvalue weighted by molar-refractivity contribution is 0.472. The molecular formula is C22H20N4O3S. The number of aromatic hydroxyl groups is 1. The Bertz CT molecular complexity index is 1310. The summed E-state index contributed by atoms with van der Waals surface area (Å²) in [6.45, 7) is 2.66. The summed E-state index contributed by atoms with van der Waals surface area (Å²) in [5, 5.41) is 20.7. The third kappa shape index (κ3) is 2.85. The van der Waals surface area contributed by atoms with Crippen LogP contribution in [0.2, 0.25) is 0 Å². The number of phenolic OH excluding ortho intramolecular Hbond substituents is 1. The van der Waals surface area contributed by atoms with E-state index in [1.165, 1.54) is 0 Å². The predicted molar refractivity (Wildman–Crippen MR) is 115 cm³/mol. The third-order valence-electron chi connectivity index (χ3n) is 5.97. The second-order valence-electron chi connectivity index (χ2n) is 7.60. The number of sulfone groups is 1. The first-order valence-electron chi connectivity index (χ1n) is 9.85. The Labute approximate surface area is 174 Å². The highest BCUT2D eigenvalue weighted by molar-refractivity contribution is 7.91. The van der Waals surface area contributed by atoms with Gasteiger partial charge >= 0.3 is 0 Å². The number of rotatable bonds is 2. The lowest BCUT2D eigenvalue weighted by Crippen LogP contribution is -2.47. The van der Waals surface area contributed by atoms with Crippen LogP contribution in [0.5, 0.6) is 5.75 Å². The number of nitrogens with zero attached hydrogens (tertiary/aromatic N) is 4. The summed E-state index contributed by atoms with van der Waals surface area (Å²) in [7, 11) is -3.28. The number of phenols is 1. The van der Waals surface area contributed by atoms with Gasteiger partial charge in [0.1, 0.15) is 11.8 Å². The lowest BCUT2D eigenvalue weighted by Gasteiger charge is -2.38. The minimum Gasteiger partial charge on any atom is -0.506 e. The average Bonchev–Trinajstić information content (AvgIpc) is 3.08. The smallest absolute Gasteiger partial charge is 0.179 e. The Kier molecular flexibility index (Phi) is 4.29. The standard InChI is InChI=1S/C22H20N4O3S/c23-13-15-14-24-17-5-6-20-16(7-12-30(20,28)29)21(17)22(15)26-10-8-25(9-11-26)18-3-1-2-4-19(18)27/h1-6,14,27H,7-12H2. The van der Waals surface area contributed by atoms with Gasteiger partial charge in [-0.2, -0.15) is 5.26 Å². The molecule has 0 aliphatic carbocycles. The lowest BCUT2D eigenvalue weighted by atomic mass is 10.0. The first-order chi connectivity index (χ1) is 14.5. The molecule has 1 fully saturated rings. The molecule has 0 amide bonds. The predicted octanol–water partition coefficient (Wildman–Crippen LogP) is 2.47. The van der Waals surface area contributed by atoms with Crippen molar-refractivity contribution in [3.8, 4) is 11.8 Å². The number of hydrogen-bond donors (Lipinski definition) is 1. The monoisotopic (exact) mass is 420 g/mol. The van der Waals surface area contributed by atoms with Crippen LogP contribution >= 0.6 is 0 Å². The number of piperazine rings is 1. The van der Waals surface area contributed by atoms with Crippen LogP contribution in [0.15, 0.2) is 47.5 Å². The van der Waals surface area contributed by atoms with Gasteiger partial charge in [0.25, 0.3) is 0 Å². The molecule has 8 heteroatoms. The van der Waals surface area contributed by atoms with Crippen LogP contribution in [0.4, 0.5) is 11.4 Å². The Hall–Kier alpha value is -3.31. The molecule has 1 N–H and O–H groups in total. The van der Waals surface area contributed by atoms with Crippen molar-refractivity contribution in [1.29, 1.82) is 5.26 Å². The van der Waals surface area contributed by atoms with Gasteiger partial charge in [0.15, 0.2) is 9.84 Å². The van der Waals surface area contributed by atoms with Crippen LogP contribution in [0.3, 0.4) is 0 Å². The minimum absolute atomic E-state index is 0.0960. The molecule has 0 radical (unpaired) electrons. The van der Waals surface area contributed by atoms with Gasteiger partial charge in [-0.15, -0.1) is 0 Å². The second kappa shape index (κ2) is 6.89. The van der Waals surface area contributed by atoms with Crippen molar-refractivity contribution >= 4 is 32.1 Å². The van der Waals surface area contributed by atoms with E-state index in [2.05, 4.69) is 20.9 Å². The summed E-state index contributed by atoms with van der Waals surface area (Å²) in [6.07, 6.45) is 2.01. The Morgan fingerprint density at radius 3 is 2.50 bits per heavy atom. The third-order valence-corrected chi connectivity index (χ3v) is 7.76. The van der Waals surface area contributed by atoms with Crippen LogP contribution in [0.25, 0.3) is 10.9 Å². The quantitative estimate of drug-likeness (QED) is 0.680. The van der Waals surface area contributed by atoms with Gasteiger partial charge in [0.05, 0.1) is 33.1 Å². The Balaban J connectivity index is 1.57. The summed E-state index contributed by atoms with van der Waals surface area (Å²) >= 11 is 0. The van der Waals surface area contributed by atoms with Crippen molar-refractivity contribution < 1.29 is 13.5 Å². The van der Waals surface area contributed by atoms with E-state index in [-0.39, 0.29) is 11.5 Å². The highest BCUT2D eigenvalue weighted by atomic mass is 32.2. The minimum atomic E-state index is -3.28. The molecule has 5 rings (SSSR count). The van der Waals surface area contributed by atoms with E-state index in [0.29, 0.717) is 48.6 Å². The average molecular weight is 420 g/mol. The fourth-order valence-electron chi connectivity index (χ4n) is 4.52. The maximum atomic E-state index is 12.4. The fourth-order valence-corrected chi connectivity index (χ4v) is 6.06. The SMILES string of the molecule is N#Cc1cnc2ccc3c(c2c1N1CCN(c2ccccc2O)CC1)CCS3(=O)=O. The van der Waals surface area contributed by atoms with Crippen molar-refractivity contribution in [2.45, 2.75) is 11.3 Å². The van der Waals surface area contributed by atoms with E-state index in [1.54, 1.807) is 30.5 Å². The molecule has 30 heavy (non-hydrogen) atoms. The summed E-state index contributed by atoms with van der Waals surface area (Å²) in [6, 6.07) is 12.9. The number of benzene rings is 2. The fraction of sp³-hybridized carbons (Fsp3) is 0.273. The number of pyridine rings is 1. The number of aryl methyl sites for hydroxylation is 1. The van der Waals surface area contributed by atoms with Gasteiger partial charge < -0.3 is 14.9 Å². The van der Waals surface area contributed by atoms with Crippen molar-refractivity contribution in [2.75, 3.05) is 41.7 Å². The second-order valence-corrected chi connectivity index (χ2v) is 9.68. The highest BCUT2D eigenvalue weighted by Gasteiger charge is 2.31. The summed E-state index contributed by atoms with van der Waals surface area (Å²) in [4.78, 5) is 9.05. The van der Waals surface area contributed by atoms with Crippen molar-refractivity contribution in [3.63, 3.8) is 0 Å². The van der Waals surface area contributed by atoms with Crippen LogP contribution in [0, 0.1) is 11.3 Å². The van der Waals surface area contributed by atoms with Gasteiger partial charge in [0, 0.05) is 37.8 Å². The summed E-state index contributed by atoms with van der Waals surface area (Å²) in [5.41, 5.74) is 3.51. The van der Waals surface area contributed by atoms with E-state index in [4.69, 9.17) is 0 Å². The molecule has 0 atom stereocenters. The number of para-hydroxylation sites is 2. The first-order valence-corrected chi connectivity index (χ1v) is 11.5. The number of hydrogen-bond acceptors (Lipinski definition) is 7. The van der Waals surface area contributed by atoms with Crippen molar-refractivity contribution in [2.24, 2.45) is 0 Å². The largest absolute Gasteiger partial charge is 0.506 e. The van der Waals surface area contributed by atoms with E-state index in [9.17, 15) is 18.8 Å². The Morgan fingerprint density at radius 1 is 1.03 bits per heavy atom. The Morgan fingerprint density at radius 2 is 1.77 bits per heavy atom. The molecule has 1 saturated heterocycles.